The van der Waals surface area contributed by atoms with Crippen molar-refractivity contribution in [2.75, 3.05) is 48.2 Å². The summed E-state index contributed by atoms with van der Waals surface area (Å²) < 4.78 is 27.0. The second-order valence-corrected chi connectivity index (χ2v) is 7.24. The van der Waals surface area contributed by atoms with Crippen LogP contribution in [0.3, 0.4) is 0 Å². The highest BCUT2D eigenvalue weighted by molar-refractivity contribution is 5.91. The molecule has 0 fully saturated rings. The smallest absolute Gasteiger partial charge is 0.203 e. The van der Waals surface area contributed by atoms with Crippen LogP contribution >= 0.6 is 0 Å². The molecule has 3 rings (SSSR count). The number of carbonyl (C=O) groups excluding carboxylic acids is 1. The molecule has 0 spiro atoms. The lowest BCUT2D eigenvalue weighted by Gasteiger charge is -2.17. The summed E-state index contributed by atoms with van der Waals surface area (Å²) in [6.07, 6.45) is 0.872. The van der Waals surface area contributed by atoms with E-state index in [0.29, 0.717) is 30.5 Å². The van der Waals surface area contributed by atoms with Gasteiger partial charge in [-0.1, -0.05) is 36.4 Å². The van der Waals surface area contributed by atoms with Gasteiger partial charge >= 0.3 is 0 Å². The first-order valence-electron chi connectivity index (χ1n) is 10.5. The Morgan fingerprint density at radius 2 is 1.58 bits per heavy atom. The zero-order valence-corrected chi connectivity index (χ0v) is 19.4. The van der Waals surface area contributed by atoms with Crippen molar-refractivity contribution in [3.05, 3.63) is 65.7 Å². The topological polar surface area (TPSA) is 75.6 Å². The Balaban J connectivity index is 1.79. The molecule has 0 aromatic heterocycles. The number of ether oxygens (including phenoxy) is 5. The minimum atomic E-state index is -0.734. The summed E-state index contributed by atoms with van der Waals surface area (Å²) in [6, 6.07) is 17.4. The van der Waals surface area contributed by atoms with Crippen LogP contribution < -0.4 is 14.2 Å². The van der Waals surface area contributed by atoms with Gasteiger partial charge in [0.15, 0.2) is 17.3 Å². The van der Waals surface area contributed by atoms with Gasteiger partial charge in [-0.25, -0.2) is 0 Å². The van der Waals surface area contributed by atoms with Gasteiger partial charge in [0.2, 0.25) is 5.75 Å². The van der Waals surface area contributed by atoms with Crippen LogP contribution in [0.1, 0.15) is 17.2 Å². The van der Waals surface area contributed by atoms with Crippen molar-refractivity contribution < 1.29 is 28.5 Å². The molecule has 0 bridgehead atoms. The number of rotatable bonds is 12. The normalized spacial score (nSPS) is 12.1. The monoisotopic (exact) mass is 451 g/mol. The summed E-state index contributed by atoms with van der Waals surface area (Å²) in [4.78, 5) is 17.4. The lowest BCUT2D eigenvalue weighted by molar-refractivity contribution is -0.130. The number of fused-ring (bicyclic) bond motifs is 1. The standard InChI is InChI=1S/C26H29NO6/c1-29-11-12-33-25(21-10-9-19-7-5-6-8-20(19)15-21)22(28)17-27-16-18-13-23(30-2)26(32-4)24(14-18)31-3/h5-10,13-16,25H,11-12,17H2,1-4H3. The Bertz CT molecular complexity index is 1090. The zero-order chi connectivity index (χ0) is 23.6. The van der Waals surface area contributed by atoms with Crippen LogP contribution in [-0.4, -0.2) is 60.2 Å². The van der Waals surface area contributed by atoms with E-state index < -0.39 is 6.10 Å². The van der Waals surface area contributed by atoms with Crippen molar-refractivity contribution in [2.45, 2.75) is 6.10 Å². The molecule has 7 nitrogen and oxygen atoms in total. The van der Waals surface area contributed by atoms with E-state index in [1.165, 1.54) is 0 Å². The minimum Gasteiger partial charge on any atom is -0.493 e. The van der Waals surface area contributed by atoms with E-state index in [9.17, 15) is 4.79 Å². The quantitative estimate of drug-likeness (QED) is 0.303. The highest BCUT2D eigenvalue weighted by atomic mass is 16.5. The Hall–Kier alpha value is -3.42. The van der Waals surface area contributed by atoms with Crippen LogP contribution in [0.5, 0.6) is 17.2 Å². The van der Waals surface area contributed by atoms with E-state index in [2.05, 4.69) is 4.99 Å². The van der Waals surface area contributed by atoms with Gasteiger partial charge < -0.3 is 23.7 Å². The van der Waals surface area contributed by atoms with Crippen molar-refractivity contribution >= 4 is 22.8 Å². The van der Waals surface area contributed by atoms with E-state index in [4.69, 9.17) is 23.7 Å². The Labute approximate surface area is 193 Å². The molecule has 0 heterocycles. The number of methoxy groups -OCH3 is 4. The number of ketones is 1. The predicted molar refractivity (Wildman–Crippen MR) is 128 cm³/mol. The van der Waals surface area contributed by atoms with E-state index >= 15 is 0 Å². The fourth-order valence-corrected chi connectivity index (χ4v) is 3.50. The summed E-state index contributed by atoms with van der Waals surface area (Å²) in [5.74, 6) is 1.38. The maximum Gasteiger partial charge on any atom is 0.203 e. The second-order valence-electron chi connectivity index (χ2n) is 7.24. The van der Waals surface area contributed by atoms with Crippen LogP contribution in [-0.2, 0) is 14.3 Å². The summed E-state index contributed by atoms with van der Waals surface area (Å²) in [6.45, 7) is 0.656. The molecule has 0 aliphatic carbocycles. The molecule has 0 amide bonds. The van der Waals surface area contributed by atoms with Crippen LogP contribution in [0, 0.1) is 0 Å². The molecule has 0 aliphatic heterocycles. The summed E-state index contributed by atoms with van der Waals surface area (Å²) in [7, 11) is 6.24. The SMILES string of the molecule is COCCOC(C(=O)CN=Cc1cc(OC)c(OC)c(OC)c1)c1ccc2ccccc2c1. The number of Topliss-reactive ketones (excluding diaryl/α,β-unsaturated/α-hetero) is 1. The minimum absolute atomic E-state index is 0.0405. The van der Waals surface area contributed by atoms with Crippen molar-refractivity contribution in [1.82, 2.24) is 0 Å². The first-order chi connectivity index (χ1) is 16.1. The molecule has 3 aromatic carbocycles. The maximum atomic E-state index is 13.1. The number of hydrogen-bond donors (Lipinski definition) is 0. The van der Waals surface area contributed by atoms with Gasteiger partial charge in [0, 0.05) is 13.3 Å². The predicted octanol–water partition coefficient (Wildman–Crippen LogP) is 4.26. The largest absolute Gasteiger partial charge is 0.493 e. The lowest BCUT2D eigenvalue weighted by Crippen LogP contribution is -2.20. The summed E-state index contributed by atoms with van der Waals surface area (Å²) in [5.41, 5.74) is 1.51. The van der Waals surface area contributed by atoms with Crippen molar-refractivity contribution in [3.8, 4) is 17.2 Å². The van der Waals surface area contributed by atoms with Crippen LogP contribution in [0.4, 0.5) is 0 Å². The van der Waals surface area contributed by atoms with Gasteiger partial charge in [-0.05, 0) is 40.1 Å². The fourth-order valence-electron chi connectivity index (χ4n) is 3.50. The van der Waals surface area contributed by atoms with Gasteiger partial charge in [0.05, 0.1) is 34.5 Å². The van der Waals surface area contributed by atoms with Crippen molar-refractivity contribution in [2.24, 2.45) is 4.99 Å². The Morgan fingerprint density at radius 3 is 2.21 bits per heavy atom. The number of nitrogens with zero attached hydrogens (tertiary/aromatic N) is 1. The fraction of sp³-hybridized carbons (Fsp3) is 0.308. The van der Waals surface area contributed by atoms with Gasteiger partial charge in [0.25, 0.3) is 0 Å². The number of benzene rings is 3. The molecule has 0 N–H and O–H groups in total. The first-order valence-corrected chi connectivity index (χ1v) is 10.5. The number of hydrogen-bond acceptors (Lipinski definition) is 7. The van der Waals surface area contributed by atoms with Crippen LogP contribution in [0.25, 0.3) is 10.8 Å². The molecule has 0 aliphatic rings. The third kappa shape index (κ3) is 6.09. The molecule has 0 saturated carbocycles. The summed E-state index contributed by atoms with van der Waals surface area (Å²) >= 11 is 0. The van der Waals surface area contributed by atoms with Crippen molar-refractivity contribution in [3.63, 3.8) is 0 Å². The van der Waals surface area contributed by atoms with E-state index in [0.717, 1.165) is 21.9 Å². The molecule has 7 heteroatoms. The molecular weight excluding hydrogens is 422 g/mol. The number of carbonyl (C=O) groups is 1. The van der Waals surface area contributed by atoms with Crippen LogP contribution in [0.2, 0.25) is 0 Å². The third-order valence-electron chi connectivity index (χ3n) is 5.12. The molecule has 3 aromatic rings. The van der Waals surface area contributed by atoms with E-state index in [-0.39, 0.29) is 12.3 Å². The van der Waals surface area contributed by atoms with Crippen molar-refractivity contribution in [1.29, 1.82) is 0 Å². The van der Waals surface area contributed by atoms with E-state index in [1.54, 1.807) is 46.8 Å². The molecule has 33 heavy (non-hydrogen) atoms. The lowest BCUT2D eigenvalue weighted by atomic mass is 10.0. The third-order valence-corrected chi connectivity index (χ3v) is 5.12. The maximum absolute atomic E-state index is 13.1. The van der Waals surface area contributed by atoms with Gasteiger partial charge in [-0.15, -0.1) is 0 Å². The highest BCUT2D eigenvalue weighted by Crippen LogP contribution is 2.37. The molecule has 1 unspecified atom stereocenters. The first kappa shape index (κ1) is 24.2. The Kier molecular flexibility index (Phi) is 8.80. The van der Waals surface area contributed by atoms with Gasteiger partial charge in [-0.2, -0.15) is 0 Å². The summed E-state index contributed by atoms with van der Waals surface area (Å²) in [5, 5.41) is 2.15. The molecule has 1 atom stereocenters. The molecule has 0 radical (unpaired) electrons. The van der Waals surface area contributed by atoms with Gasteiger partial charge in [0.1, 0.15) is 12.6 Å². The molecular formula is C26H29NO6. The van der Waals surface area contributed by atoms with E-state index in [1.807, 2.05) is 42.5 Å². The average molecular weight is 452 g/mol. The molecule has 174 valence electrons. The average Bonchev–Trinajstić information content (AvgIpc) is 2.85. The Morgan fingerprint density at radius 1 is 0.879 bits per heavy atom. The van der Waals surface area contributed by atoms with Gasteiger partial charge in [-0.3, -0.25) is 9.79 Å². The highest BCUT2D eigenvalue weighted by Gasteiger charge is 2.21. The molecule has 0 saturated heterocycles. The number of aliphatic imine (C=N–C) groups is 1. The second kappa shape index (κ2) is 12.0. The zero-order valence-electron chi connectivity index (χ0n) is 19.4. The van der Waals surface area contributed by atoms with Crippen LogP contribution in [0.15, 0.2) is 59.6 Å².